The predicted molar refractivity (Wildman–Crippen MR) is 125 cm³/mol. The molecule has 33 heavy (non-hydrogen) atoms. The van der Waals surface area contributed by atoms with Crippen molar-refractivity contribution in [2.75, 3.05) is 19.2 Å². The molecular formula is C26H24N2O5. The van der Waals surface area contributed by atoms with E-state index in [4.69, 9.17) is 14.2 Å². The summed E-state index contributed by atoms with van der Waals surface area (Å²) in [7, 11) is 1.58. The molecule has 0 spiro atoms. The van der Waals surface area contributed by atoms with Crippen LogP contribution in [0.25, 0.3) is 6.08 Å². The zero-order chi connectivity index (χ0) is 23.2. The van der Waals surface area contributed by atoms with Gasteiger partial charge in [0.2, 0.25) is 12.7 Å². The van der Waals surface area contributed by atoms with E-state index in [1.165, 1.54) is 6.08 Å². The summed E-state index contributed by atoms with van der Waals surface area (Å²) < 4.78 is 15.8. The second kappa shape index (κ2) is 9.91. The van der Waals surface area contributed by atoms with Crippen molar-refractivity contribution < 1.29 is 23.8 Å². The number of ether oxygens (including phenoxy) is 3. The molecule has 3 aromatic carbocycles. The van der Waals surface area contributed by atoms with Crippen LogP contribution in [0.5, 0.6) is 17.2 Å². The van der Waals surface area contributed by atoms with Gasteiger partial charge in [-0.1, -0.05) is 35.9 Å². The van der Waals surface area contributed by atoms with E-state index >= 15 is 0 Å². The maximum atomic E-state index is 13.1. The molecule has 0 fully saturated rings. The standard InChI is InChI=1S/C26H24N2O5/c1-17-3-7-19(8-4-17)25(26(30)27-20-9-11-21(31-2)12-10-20)28-24(29)14-6-18-5-13-22-23(15-18)33-16-32-22/h3-15,25H,16H2,1-2H3,(H,27,30)(H,28,29)/b14-6+. The Labute approximate surface area is 192 Å². The van der Waals surface area contributed by atoms with Crippen LogP contribution in [0.2, 0.25) is 0 Å². The average Bonchev–Trinajstić information content (AvgIpc) is 3.30. The number of amides is 2. The molecule has 1 atom stereocenters. The Kier molecular flexibility index (Phi) is 6.59. The molecule has 1 heterocycles. The highest BCUT2D eigenvalue weighted by molar-refractivity contribution is 6.00. The fourth-order valence-corrected chi connectivity index (χ4v) is 3.33. The van der Waals surface area contributed by atoms with Gasteiger partial charge in [-0.25, -0.2) is 0 Å². The molecule has 0 saturated carbocycles. The Bertz CT molecular complexity index is 1170. The molecule has 168 valence electrons. The predicted octanol–water partition coefficient (Wildman–Crippen LogP) is 4.24. The summed E-state index contributed by atoms with van der Waals surface area (Å²) in [5, 5.41) is 5.65. The lowest BCUT2D eigenvalue weighted by Crippen LogP contribution is -2.36. The van der Waals surface area contributed by atoms with Crippen molar-refractivity contribution in [3.8, 4) is 17.2 Å². The molecule has 0 aromatic heterocycles. The number of fused-ring (bicyclic) bond motifs is 1. The molecule has 7 heteroatoms. The highest BCUT2D eigenvalue weighted by Crippen LogP contribution is 2.32. The molecule has 3 aromatic rings. The number of hydrogen-bond donors (Lipinski definition) is 2. The number of carbonyl (C=O) groups excluding carboxylic acids is 2. The Morgan fingerprint density at radius 2 is 1.70 bits per heavy atom. The molecule has 0 bridgehead atoms. The van der Waals surface area contributed by atoms with Gasteiger partial charge in [0.1, 0.15) is 11.8 Å². The quantitative estimate of drug-likeness (QED) is 0.533. The number of anilines is 1. The number of benzene rings is 3. The molecule has 4 rings (SSSR count). The molecule has 7 nitrogen and oxygen atoms in total. The van der Waals surface area contributed by atoms with Crippen LogP contribution in [-0.2, 0) is 9.59 Å². The lowest BCUT2D eigenvalue weighted by atomic mass is 10.0. The largest absolute Gasteiger partial charge is 0.497 e. The van der Waals surface area contributed by atoms with Crippen LogP contribution in [-0.4, -0.2) is 25.7 Å². The summed E-state index contributed by atoms with van der Waals surface area (Å²) >= 11 is 0. The highest BCUT2D eigenvalue weighted by atomic mass is 16.7. The lowest BCUT2D eigenvalue weighted by molar-refractivity contribution is -0.123. The Morgan fingerprint density at radius 1 is 0.970 bits per heavy atom. The SMILES string of the molecule is COc1ccc(NC(=O)C(NC(=O)/C=C/c2ccc3c(c2)OCO3)c2ccc(C)cc2)cc1. The number of hydrogen-bond acceptors (Lipinski definition) is 5. The van der Waals surface area contributed by atoms with Crippen LogP contribution < -0.4 is 24.8 Å². The normalized spacial score (nSPS) is 12.9. The van der Waals surface area contributed by atoms with Crippen LogP contribution in [0.15, 0.2) is 72.8 Å². The number of nitrogens with one attached hydrogen (secondary N) is 2. The fourth-order valence-electron chi connectivity index (χ4n) is 3.33. The summed E-state index contributed by atoms with van der Waals surface area (Å²) in [6.45, 7) is 2.15. The summed E-state index contributed by atoms with van der Waals surface area (Å²) in [6, 6.07) is 19.0. The molecule has 0 radical (unpaired) electrons. The summed E-state index contributed by atoms with van der Waals surface area (Å²) in [6.07, 6.45) is 3.05. The van der Waals surface area contributed by atoms with E-state index in [0.29, 0.717) is 28.5 Å². The molecule has 2 N–H and O–H groups in total. The first-order valence-corrected chi connectivity index (χ1v) is 10.4. The van der Waals surface area contributed by atoms with E-state index in [1.54, 1.807) is 49.6 Å². The smallest absolute Gasteiger partial charge is 0.251 e. The van der Waals surface area contributed by atoms with Gasteiger partial charge >= 0.3 is 0 Å². The maximum Gasteiger partial charge on any atom is 0.251 e. The fraction of sp³-hybridized carbons (Fsp3) is 0.154. The van der Waals surface area contributed by atoms with Crippen LogP contribution >= 0.6 is 0 Å². The Morgan fingerprint density at radius 3 is 2.42 bits per heavy atom. The van der Waals surface area contributed by atoms with Gasteiger partial charge in [-0.2, -0.15) is 0 Å². The van der Waals surface area contributed by atoms with Crippen molar-refractivity contribution >= 4 is 23.6 Å². The monoisotopic (exact) mass is 444 g/mol. The number of methoxy groups -OCH3 is 1. The van der Waals surface area contributed by atoms with Crippen LogP contribution in [0, 0.1) is 6.92 Å². The minimum atomic E-state index is -0.874. The van der Waals surface area contributed by atoms with E-state index in [1.807, 2.05) is 37.3 Å². The zero-order valence-electron chi connectivity index (χ0n) is 18.3. The topological polar surface area (TPSA) is 85.9 Å². The van der Waals surface area contributed by atoms with E-state index in [-0.39, 0.29) is 12.7 Å². The number of aryl methyl sites for hydroxylation is 1. The molecule has 1 aliphatic heterocycles. The van der Waals surface area contributed by atoms with Crippen molar-refractivity contribution in [2.24, 2.45) is 0 Å². The van der Waals surface area contributed by atoms with Gasteiger partial charge in [0, 0.05) is 11.8 Å². The second-order valence-corrected chi connectivity index (χ2v) is 7.52. The van der Waals surface area contributed by atoms with Crippen LogP contribution in [0.4, 0.5) is 5.69 Å². The van der Waals surface area contributed by atoms with Gasteiger partial charge in [0.15, 0.2) is 11.5 Å². The average molecular weight is 444 g/mol. The minimum absolute atomic E-state index is 0.185. The van der Waals surface area contributed by atoms with Gasteiger partial charge in [-0.05, 0) is 60.5 Å². The summed E-state index contributed by atoms with van der Waals surface area (Å²) in [4.78, 5) is 25.8. The molecule has 0 aliphatic carbocycles. The molecule has 0 saturated heterocycles. The van der Waals surface area contributed by atoms with Gasteiger partial charge in [0.25, 0.3) is 5.91 Å². The van der Waals surface area contributed by atoms with E-state index in [9.17, 15) is 9.59 Å². The van der Waals surface area contributed by atoms with Gasteiger partial charge in [-0.15, -0.1) is 0 Å². The molecule has 1 aliphatic rings. The van der Waals surface area contributed by atoms with Crippen molar-refractivity contribution in [3.05, 3.63) is 89.5 Å². The van der Waals surface area contributed by atoms with Crippen LogP contribution in [0.3, 0.4) is 0 Å². The first-order valence-electron chi connectivity index (χ1n) is 10.4. The van der Waals surface area contributed by atoms with Crippen LogP contribution in [0.1, 0.15) is 22.7 Å². The molecular weight excluding hydrogens is 420 g/mol. The minimum Gasteiger partial charge on any atom is -0.497 e. The number of rotatable bonds is 7. The van der Waals surface area contributed by atoms with Gasteiger partial charge in [0.05, 0.1) is 7.11 Å². The first-order chi connectivity index (χ1) is 16.0. The maximum absolute atomic E-state index is 13.1. The van der Waals surface area contributed by atoms with E-state index < -0.39 is 11.9 Å². The van der Waals surface area contributed by atoms with E-state index in [2.05, 4.69) is 10.6 Å². The first kappa shape index (κ1) is 22.0. The van der Waals surface area contributed by atoms with E-state index in [0.717, 1.165) is 11.1 Å². The van der Waals surface area contributed by atoms with Gasteiger partial charge in [-0.3, -0.25) is 9.59 Å². The van der Waals surface area contributed by atoms with Crippen molar-refractivity contribution in [2.45, 2.75) is 13.0 Å². The lowest BCUT2D eigenvalue weighted by Gasteiger charge is -2.18. The third-order valence-corrected chi connectivity index (χ3v) is 5.14. The number of carbonyl (C=O) groups is 2. The van der Waals surface area contributed by atoms with Crippen molar-refractivity contribution in [3.63, 3.8) is 0 Å². The molecule has 2 amide bonds. The Hall–Kier alpha value is -4.26. The summed E-state index contributed by atoms with van der Waals surface area (Å²) in [5.41, 5.74) is 3.12. The third-order valence-electron chi connectivity index (χ3n) is 5.14. The summed E-state index contributed by atoms with van der Waals surface area (Å²) in [5.74, 6) is 1.24. The third kappa shape index (κ3) is 5.51. The molecule has 1 unspecified atom stereocenters. The highest BCUT2D eigenvalue weighted by Gasteiger charge is 2.22. The van der Waals surface area contributed by atoms with Crippen molar-refractivity contribution in [1.82, 2.24) is 5.32 Å². The van der Waals surface area contributed by atoms with Gasteiger partial charge < -0.3 is 24.8 Å². The second-order valence-electron chi connectivity index (χ2n) is 7.52. The zero-order valence-corrected chi connectivity index (χ0v) is 18.3. The Balaban J connectivity index is 1.49. The van der Waals surface area contributed by atoms with Crippen molar-refractivity contribution in [1.29, 1.82) is 0 Å².